The van der Waals surface area contributed by atoms with Crippen molar-refractivity contribution in [2.75, 3.05) is 13.1 Å². The normalized spacial score (nSPS) is 27.4. The van der Waals surface area contributed by atoms with Crippen molar-refractivity contribution in [2.45, 2.75) is 70.6 Å². The largest absolute Gasteiger partial charge is 0.393 e. The summed E-state index contributed by atoms with van der Waals surface area (Å²) in [7, 11) is 0. The van der Waals surface area contributed by atoms with Crippen molar-refractivity contribution < 1.29 is 10.2 Å². The average Bonchev–Trinajstić information content (AvgIpc) is 2.39. The molecule has 0 radical (unpaired) electrons. The molecule has 0 bridgehead atoms. The van der Waals surface area contributed by atoms with Gasteiger partial charge in [0.05, 0.1) is 12.2 Å². The van der Waals surface area contributed by atoms with Crippen molar-refractivity contribution in [3.05, 3.63) is 0 Å². The average molecular weight is 229 g/mol. The molecular weight excluding hydrogens is 202 g/mol. The molecule has 1 heterocycles. The summed E-state index contributed by atoms with van der Waals surface area (Å²) in [6, 6.07) is 0.515. The van der Waals surface area contributed by atoms with Crippen LogP contribution in [0, 0.1) is 0 Å². The van der Waals surface area contributed by atoms with E-state index >= 15 is 0 Å². The minimum atomic E-state index is -0.213. The van der Waals surface area contributed by atoms with Crippen LogP contribution in [0.3, 0.4) is 0 Å². The van der Waals surface area contributed by atoms with Gasteiger partial charge in [-0.1, -0.05) is 12.8 Å². The summed E-state index contributed by atoms with van der Waals surface area (Å²) in [5.41, 5.74) is 0. The maximum absolute atomic E-state index is 9.52. The standard InChI is InChI=1S/C13H27NO2/c1-11(15)7-9-14-8-5-3-4-6-13(14)10-12(2)16/h11-13,15-16H,3-10H2,1-2H3. The van der Waals surface area contributed by atoms with Gasteiger partial charge in [0.25, 0.3) is 0 Å². The smallest absolute Gasteiger partial charge is 0.0527 e. The zero-order valence-corrected chi connectivity index (χ0v) is 10.7. The highest BCUT2D eigenvalue weighted by Gasteiger charge is 2.22. The van der Waals surface area contributed by atoms with Crippen LogP contribution in [0.2, 0.25) is 0 Å². The fourth-order valence-corrected chi connectivity index (χ4v) is 2.54. The summed E-state index contributed by atoms with van der Waals surface area (Å²) in [6.07, 6.45) is 6.34. The molecular formula is C13H27NO2. The van der Waals surface area contributed by atoms with Gasteiger partial charge in [0.1, 0.15) is 0 Å². The molecule has 3 atom stereocenters. The second-order valence-corrected chi connectivity index (χ2v) is 5.26. The van der Waals surface area contributed by atoms with Crippen molar-refractivity contribution in [2.24, 2.45) is 0 Å². The van der Waals surface area contributed by atoms with Gasteiger partial charge in [0, 0.05) is 12.6 Å². The number of hydrogen-bond donors (Lipinski definition) is 2. The lowest BCUT2D eigenvalue weighted by molar-refractivity contribution is 0.0961. The van der Waals surface area contributed by atoms with Crippen LogP contribution in [0.5, 0.6) is 0 Å². The third-order valence-electron chi connectivity index (χ3n) is 3.45. The van der Waals surface area contributed by atoms with Gasteiger partial charge in [-0.2, -0.15) is 0 Å². The molecule has 1 aliphatic heterocycles. The minimum absolute atomic E-state index is 0.211. The summed E-state index contributed by atoms with van der Waals surface area (Å²) in [5, 5.41) is 18.9. The maximum Gasteiger partial charge on any atom is 0.0527 e. The van der Waals surface area contributed by atoms with E-state index < -0.39 is 0 Å². The topological polar surface area (TPSA) is 43.7 Å². The molecule has 0 saturated carbocycles. The van der Waals surface area contributed by atoms with Crippen LogP contribution in [0.1, 0.15) is 52.4 Å². The Kier molecular flexibility index (Phi) is 6.32. The number of nitrogens with zero attached hydrogens (tertiary/aromatic N) is 1. The number of aliphatic hydroxyl groups excluding tert-OH is 2. The molecule has 1 fully saturated rings. The Hall–Kier alpha value is -0.120. The van der Waals surface area contributed by atoms with Crippen molar-refractivity contribution in [3.63, 3.8) is 0 Å². The van der Waals surface area contributed by atoms with E-state index in [9.17, 15) is 10.2 Å². The van der Waals surface area contributed by atoms with E-state index in [1.54, 1.807) is 0 Å². The van der Waals surface area contributed by atoms with E-state index in [-0.39, 0.29) is 12.2 Å². The van der Waals surface area contributed by atoms with Crippen LogP contribution in [0.15, 0.2) is 0 Å². The molecule has 1 aliphatic rings. The van der Waals surface area contributed by atoms with Crippen LogP contribution in [0.25, 0.3) is 0 Å². The highest BCUT2D eigenvalue weighted by Crippen LogP contribution is 2.20. The van der Waals surface area contributed by atoms with Crippen LogP contribution in [-0.4, -0.2) is 46.5 Å². The van der Waals surface area contributed by atoms with Crippen LogP contribution < -0.4 is 0 Å². The molecule has 2 N–H and O–H groups in total. The fraction of sp³-hybridized carbons (Fsp3) is 1.00. The molecule has 3 heteroatoms. The van der Waals surface area contributed by atoms with Crippen molar-refractivity contribution in [1.29, 1.82) is 0 Å². The lowest BCUT2D eigenvalue weighted by atomic mass is 10.0. The quantitative estimate of drug-likeness (QED) is 0.755. The van der Waals surface area contributed by atoms with Gasteiger partial charge >= 0.3 is 0 Å². The van der Waals surface area contributed by atoms with E-state index in [1.165, 1.54) is 25.7 Å². The number of aliphatic hydroxyl groups is 2. The molecule has 3 unspecified atom stereocenters. The van der Waals surface area contributed by atoms with Crippen LogP contribution >= 0.6 is 0 Å². The Morgan fingerprint density at radius 2 is 1.88 bits per heavy atom. The van der Waals surface area contributed by atoms with Gasteiger partial charge < -0.3 is 15.1 Å². The maximum atomic E-state index is 9.52. The van der Waals surface area contributed by atoms with E-state index in [4.69, 9.17) is 0 Å². The first-order chi connectivity index (χ1) is 7.59. The lowest BCUT2D eigenvalue weighted by Gasteiger charge is -2.31. The molecule has 0 aromatic heterocycles. The molecule has 0 aliphatic carbocycles. The van der Waals surface area contributed by atoms with Crippen LogP contribution in [-0.2, 0) is 0 Å². The number of rotatable bonds is 5. The molecule has 0 aromatic carbocycles. The first-order valence-electron chi connectivity index (χ1n) is 6.69. The predicted octanol–water partition coefficient (Wildman–Crippen LogP) is 1.77. The van der Waals surface area contributed by atoms with Crippen LogP contribution in [0.4, 0.5) is 0 Å². The Bertz CT molecular complexity index is 183. The van der Waals surface area contributed by atoms with E-state index in [0.717, 1.165) is 25.9 Å². The second kappa shape index (κ2) is 7.25. The summed E-state index contributed by atoms with van der Waals surface area (Å²) >= 11 is 0. The highest BCUT2D eigenvalue weighted by atomic mass is 16.3. The predicted molar refractivity (Wildman–Crippen MR) is 66.4 cm³/mol. The third kappa shape index (κ3) is 5.28. The zero-order valence-electron chi connectivity index (χ0n) is 10.7. The van der Waals surface area contributed by atoms with Gasteiger partial charge in [-0.05, 0) is 46.1 Å². The molecule has 1 saturated heterocycles. The van der Waals surface area contributed by atoms with Gasteiger partial charge in [-0.15, -0.1) is 0 Å². The summed E-state index contributed by atoms with van der Waals surface area (Å²) < 4.78 is 0. The number of hydrogen-bond acceptors (Lipinski definition) is 3. The fourth-order valence-electron chi connectivity index (χ4n) is 2.54. The van der Waals surface area contributed by atoms with E-state index in [0.29, 0.717) is 6.04 Å². The van der Waals surface area contributed by atoms with Gasteiger partial charge in [-0.25, -0.2) is 0 Å². The Balaban J connectivity index is 2.44. The first-order valence-corrected chi connectivity index (χ1v) is 6.69. The molecule has 3 nitrogen and oxygen atoms in total. The lowest BCUT2D eigenvalue weighted by Crippen LogP contribution is -2.38. The van der Waals surface area contributed by atoms with E-state index in [1.807, 2.05) is 13.8 Å². The first kappa shape index (κ1) is 13.9. The van der Waals surface area contributed by atoms with Crippen molar-refractivity contribution in [1.82, 2.24) is 4.90 Å². The van der Waals surface area contributed by atoms with Gasteiger partial charge in [0.15, 0.2) is 0 Å². The molecule has 0 amide bonds. The zero-order chi connectivity index (χ0) is 12.0. The summed E-state index contributed by atoms with van der Waals surface area (Å²) in [4.78, 5) is 2.46. The van der Waals surface area contributed by atoms with E-state index in [2.05, 4.69) is 4.90 Å². The highest BCUT2D eigenvalue weighted by molar-refractivity contribution is 4.77. The molecule has 96 valence electrons. The molecule has 1 rings (SSSR count). The van der Waals surface area contributed by atoms with Crippen molar-refractivity contribution >= 4 is 0 Å². The molecule has 0 aromatic rings. The third-order valence-corrected chi connectivity index (χ3v) is 3.45. The molecule has 0 spiro atoms. The Morgan fingerprint density at radius 3 is 2.50 bits per heavy atom. The van der Waals surface area contributed by atoms with Gasteiger partial charge in [0.2, 0.25) is 0 Å². The summed E-state index contributed by atoms with van der Waals surface area (Å²) in [5.74, 6) is 0. The molecule has 16 heavy (non-hydrogen) atoms. The Morgan fingerprint density at radius 1 is 1.12 bits per heavy atom. The van der Waals surface area contributed by atoms with Gasteiger partial charge in [-0.3, -0.25) is 0 Å². The second-order valence-electron chi connectivity index (χ2n) is 5.26. The SMILES string of the molecule is CC(O)CCN1CCCCCC1CC(C)O. The monoisotopic (exact) mass is 229 g/mol. The van der Waals surface area contributed by atoms with Crippen molar-refractivity contribution in [3.8, 4) is 0 Å². The minimum Gasteiger partial charge on any atom is -0.393 e. The Labute approximate surface area is 99.5 Å². The summed E-state index contributed by atoms with van der Waals surface area (Å²) in [6.45, 7) is 5.82. The number of likely N-dealkylation sites (tertiary alicyclic amines) is 1.